The molecule has 1 aromatic carbocycles. The van der Waals surface area contributed by atoms with E-state index >= 15 is 0 Å². The van der Waals surface area contributed by atoms with E-state index in [4.69, 9.17) is 10.5 Å². The zero-order chi connectivity index (χ0) is 15.2. The summed E-state index contributed by atoms with van der Waals surface area (Å²) in [5.41, 5.74) is 9.87. The largest absolute Gasteiger partial charge is 0.497 e. The van der Waals surface area contributed by atoms with Crippen molar-refractivity contribution in [2.45, 2.75) is 45.7 Å². The van der Waals surface area contributed by atoms with Crippen LogP contribution >= 0.6 is 0 Å². The molecule has 1 heterocycles. The van der Waals surface area contributed by atoms with E-state index in [9.17, 15) is 0 Å². The van der Waals surface area contributed by atoms with Crippen LogP contribution in [-0.2, 0) is 19.4 Å². The average molecular weight is 287 g/mol. The number of nitrogens with two attached hydrogens (primary N) is 1. The summed E-state index contributed by atoms with van der Waals surface area (Å²) in [6, 6.07) is 10.5. The van der Waals surface area contributed by atoms with Crippen LogP contribution in [0.5, 0.6) is 5.75 Å². The molecule has 0 aliphatic heterocycles. The van der Waals surface area contributed by atoms with E-state index in [1.807, 2.05) is 23.7 Å². The van der Waals surface area contributed by atoms with Gasteiger partial charge in [0.25, 0.3) is 0 Å². The van der Waals surface area contributed by atoms with Gasteiger partial charge < -0.3 is 10.5 Å². The van der Waals surface area contributed by atoms with E-state index in [-0.39, 0.29) is 6.04 Å². The van der Waals surface area contributed by atoms with Crippen molar-refractivity contribution < 1.29 is 4.74 Å². The van der Waals surface area contributed by atoms with Gasteiger partial charge in [0.05, 0.1) is 12.8 Å². The van der Waals surface area contributed by atoms with E-state index < -0.39 is 0 Å². The Hall–Kier alpha value is -1.81. The van der Waals surface area contributed by atoms with Gasteiger partial charge >= 0.3 is 0 Å². The summed E-state index contributed by atoms with van der Waals surface area (Å²) < 4.78 is 7.21. The second-order valence-electron chi connectivity index (χ2n) is 5.44. The number of hydrogen-bond donors (Lipinski definition) is 1. The van der Waals surface area contributed by atoms with Crippen LogP contribution in [0.1, 0.15) is 30.3 Å². The maximum absolute atomic E-state index is 6.28. The molecule has 4 nitrogen and oxygen atoms in total. The van der Waals surface area contributed by atoms with Gasteiger partial charge in [0.1, 0.15) is 5.75 Å². The first-order valence-corrected chi connectivity index (χ1v) is 7.54. The number of hydrogen-bond acceptors (Lipinski definition) is 3. The van der Waals surface area contributed by atoms with Crippen LogP contribution in [0.2, 0.25) is 0 Å². The van der Waals surface area contributed by atoms with Crippen LogP contribution in [0.3, 0.4) is 0 Å². The maximum atomic E-state index is 6.28. The maximum Gasteiger partial charge on any atom is 0.118 e. The Kier molecular flexibility index (Phi) is 5.39. The highest BCUT2D eigenvalue weighted by Crippen LogP contribution is 2.14. The van der Waals surface area contributed by atoms with Gasteiger partial charge in [0, 0.05) is 24.7 Å². The Morgan fingerprint density at radius 3 is 2.62 bits per heavy atom. The predicted octanol–water partition coefficient (Wildman–Crippen LogP) is 2.72. The fourth-order valence-corrected chi connectivity index (χ4v) is 2.55. The van der Waals surface area contributed by atoms with Gasteiger partial charge in [0.15, 0.2) is 0 Å². The summed E-state index contributed by atoms with van der Waals surface area (Å²) in [7, 11) is 1.68. The predicted molar refractivity (Wildman–Crippen MR) is 85.6 cm³/mol. The molecule has 0 amide bonds. The number of methoxy groups -OCH3 is 1. The first-order valence-electron chi connectivity index (χ1n) is 7.54. The van der Waals surface area contributed by atoms with Crippen LogP contribution < -0.4 is 10.5 Å². The van der Waals surface area contributed by atoms with Gasteiger partial charge in [-0.25, -0.2) is 0 Å². The Labute approximate surface area is 126 Å². The lowest BCUT2D eigenvalue weighted by molar-refractivity contribution is 0.414. The molecule has 0 bridgehead atoms. The highest BCUT2D eigenvalue weighted by molar-refractivity contribution is 5.27. The van der Waals surface area contributed by atoms with Crippen molar-refractivity contribution in [2.24, 2.45) is 5.73 Å². The van der Waals surface area contributed by atoms with Crippen molar-refractivity contribution in [3.05, 3.63) is 47.3 Å². The van der Waals surface area contributed by atoms with Gasteiger partial charge in [-0.1, -0.05) is 12.1 Å². The molecular formula is C17H25N3O. The molecule has 0 fully saturated rings. The summed E-state index contributed by atoms with van der Waals surface area (Å²) in [5.74, 6) is 0.894. The Balaban J connectivity index is 1.87. The minimum absolute atomic E-state index is 0.161. The lowest BCUT2D eigenvalue weighted by Crippen LogP contribution is -2.25. The standard InChI is InChI=1S/C17H25N3O/c1-4-20-16(11-13(2)19-20)12-15(18)8-5-14-6-9-17(21-3)10-7-14/h6-7,9-11,15H,4-5,8,12,18H2,1-3H3. The van der Waals surface area contributed by atoms with Crippen molar-refractivity contribution in [1.82, 2.24) is 9.78 Å². The molecular weight excluding hydrogens is 262 g/mol. The molecule has 2 aromatic rings. The molecule has 2 N–H and O–H groups in total. The Morgan fingerprint density at radius 2 is 2.00 bits per heavy atom. The molecule has 21 heavy (non-hydrogen) atoms. The van der Waals surface area contributed by atoms with E-state index in [1.54, 1.807) is 7.11 Å². The fourth-order valence-electron chi connectivity index (χ4n) is 2.55. The van der Waals surface area contributed by atoms with Crippen LogP contribution in [0.15, 0.2) is 30.3 Å². The summed E-state index contributed by atoms with van der Waals surface area (Å²) in [5, 5.41) is 4.47. The Bertz CT molecular complexity index is 560. The minimum atomic E-state index is 0.161. The molecule has 114 valence electrons. The van der Waals surface area contributed by atoms with Crippen molar-refractivity contribution in [3.63, 3.8) is 0 Å². The van der Waals surface area contributed by atoms with E-state index in [0.29, 0.717) is 0 Å². The molecule has 0 saturated heterocycles. The third kappa shape index (κ3) is 4.33. The molecule has 0 aliphatic carbocycles. The lowest BCUT2D eigenvalue weighted by atomic mass is 10.0. The van der Waals surface area contributed by atoms with Crippen molar-refractivity contribution in [3.8, 4) is 5.75 Å². The minimum Gasteiger partial charge on any atom is -0.497 e. The zero-order valence-electron chi connectivity index (χ0n) is 13.2. The number of nitrogens with zero attached hydrogens (tertiary/aromatic N) is 2. The van der Waals surface area contributed by atoms with Crippen LogP contribution in [0.25, 0.3) is 0 Å². The quantitative estimate of drug-likeness (QED) is 0.852. The van der Waals surface area contributed by atoms with Crippen molar-refractivity contribution >= 4 is 0 Å². The molecule has 4 heteroatoms. The molecule has 0 saturated carbocycles. The summed E-state index contributed by atoms with van der Waals surface area (Å²) >= 11 is 0. The first kappa shape index (κ1) is 15.6. The van der Waals surface area contributed by atoms with E-state index in [1.165, 1.54) is 11.3 Å². The van der Waals surface area contributed by atoms with E-state index in [0.717, 1.165) is 37.3 Å². The monoisotopic (exact) mass is 287 g/mol. The molecule has 0 aliphatic rings. The van der Waals surface area contributed by atoms with Crippen LogP contribution in [0.4, 0.5) is 0 Å². The normalized spacial score (nSPS) is 12.4. The number of aryl methyl sites for hydroxylation is 3. The summed E-state index contributed by atoms with van der Waals surface area (Å²) in [6.45, 7) is 5.03. The number of rotatable bonds is 7. The molecule has 0 radical (unpaired) electrons. The molecule has 1 unspecified atom stereocenters. The lowest BCUT2D eigenvalue weighted by Gasteiger charge is -2.12. The van der Waals surface area contributed by atoms with Gasteiger partial charge in [-0.3, -0.25) is 4.68 Å². The van der Waals surface area contributed by atoms with Gasteiger partial charge in [0.2, 0.25) is 0 Å². The van der Waals surface area contributed by atoms with E-state index in [2.05, 4.69) is 30.2 Å². The summed E-state index contributed by atoms with van der Waals surface area (Å²) in [6.07, 6.45) is 2.84. The summed E-state index contributed by atoms with van der Waals surface area (Å²) in [4.78, 5) is 0. The van der Waals surface area contributed by atoms with Gasteiger partial charge in [-0.2, -0.15) is 5.10 Å². The number of benzene rings is 1. The number of aromatic nitrogens is 2. The van der Waals surface area contributed by atoms with Crippen molar-refractivity contribution in [2.75, 3.05) is 7.11 Å². The highest BCUT2D eigenvalue weighted by atomic mass is 16.5. The van der Waals surface area contributed by atoms with Gasteiger partial charge in [-0.15, -0.1) is 0 Å². The Morgan fingerprint density at radius 1 is 1.29 bits per heavy atom. The average Bonchev–Trinajstić information content (AvgIpc) is 2.85. The SMILES string of the molecule is CCn1nc(C)cc1CC(N)CCc1ccc(OC)cc1. The van der Waals surface area contributed by atoms with Crippen LogP contribution in [0, 0.1) is 6.92 Å². The second-order valence-corrected chi connectivity index (χ2v) is 5.44. The first-order chi connectivity index (χ1) is 10.1. The van der Waals surface area contributed by atoms with Crippen LogP contribution in [-0.4, -0.2) is 22.9 Å². The van der Waals surface area contributed by atoms with Gasteiger partial charge in [-0.05, 0) is 50.5 Å². The topological polar surface area (TPSA) is 53.1 Å². The van der Waals surface area contributed by atoms with Crippen molar-refractivity contribution in [1.29, 1.82) is 0 Å². The smallest absolute Gasteiger partial charge is 0.118 e. The number of ether oxygens (including phenoxy) is 1. The molecule has 0 spiro atoms. The molecule has 1 aromatic heterocycles. The molecule has 2 rings (SSSR count). The second kappa shape index (κ2) is 7.27. The highest BCUT2D eigenvalue weighted by Gasteiger charge is 2.10. The zero-order valence-corrected chi connectivity index (χ0v) is 13.2. The third-order valence-electron chi connectivity index (χ3n) is 3.72. The third-order valence-corrected chi connectivity index (χ3v) is 3.72. The molecule has 1 atom stereocenters. The fraction of sp³-hybridized carbons (Fsp3) is 0.471.